The molecule has 0 atom stereocenters. The van der Waals surface area contributed by atoms with Crippen molar-refractivity contribution in [2.45, 2.75) is 38.6 Å². The van der Waals surface area contributed by atoms with E-state index in [2.05, 4.69) is 9.82 Å². The summed E-state index contributed by atoms with van der Waals surface area (Å²) in [6, 6.07) is 0. The maximum Gasteiger partial charge on any atom is 0.245 e. The lowest BCUT2D eigenvalue weighted by molar-refractivity contribution is 0.153. The molecule has 0 aliphatic heterocycles. The molecule has 0 fully saturated rings. The number of aryl methyl sites for hydroxylation is 1. The average Bonchev–Trinajstić information content (AvgIpc) is 2.77. The zero-order valence-electron chi connectivity index (χ0n) is 12.5. The molecule has 1 aromatic heterocycles. The summed E-state index contributed by atoms with van der Waals surface area (Å²) in [5, 5.41) is 3.94. The molecule has 0 amide bonds. The third-order valence-electron chi connectivity index (χ3n) is 3.09. The molecule has 3 N–H and O–H groups in total. The Morgan fingerprint density at radius 1 is 1.50 bits per heavy atom. The first-order chi connectivity index (χ1) is 9.22. The second kappa shape index (κ2) is 6.55. The molecule has 1 aromatic rings. The first kappa shape index (κ1) is 16.9. The molecule has 7 nitrogen and oxygen atoms in total. The number of methoxy groups -OCH3 is 1. The van der Waals surface area contributed by atoms with E-state index >= 15 is 0 Å². The van der Waals surface area contributed by atoms with Gasteiger partial charge in [0.15, 0.2) is 5.82 Å². The zero-order chi connectivity index (χ0) is 15.4. The monoisotopic (exact) mass is 304 g/mol. The highest BCUT2D eigenvalue weighted by atomic mass is 32.2. The van der Waals surface area contributed by atoms with Gasteiger partial charge in [0.05, 0.1) is 0 Å². The molecule has 116 valence electrons. The van der Waals surface area contributed by atoms with Gasteiger partial charge in [-0.3, -0.25) is 4.68 Å². The van der Waals surface area contributed by atoms with Crippen molar-refractivity contribution in [3.8, 4) is 0 Å². The van der Waals surface area contributed by atoms with E-state index in [0.29, 0.717) is 19.7 Å². The van der Waals surface area contributed by atoms with E-state index in [1.54, 1.807) is 7.11 Å². The topological polar surface area (TPSA) is 99.2 Å². The normalized spacial score (nSPS) is 12.8. The summed E-state index contributed by atoms with van der Waals surface area (Å²) in [7, 11) is -2.01. The lowest BCUT2D eigenvalue weighted by atomic mass is 9.90. The number of nitrogens with two attached hydrogens (primary N) is 1. The number of nitrogens with one attached hydrogen (secondary N) is 1. The van der Waals surface area contributed by atoms with Crippen molar-refractivity contribution in [3.05, 3.63) is 6.20 Å². The third kappa shape index (κ3) is 4.46. The van der Waals surface area contributed by atoms with Gasteiger partial charge in [0.25, 0.3) is 0 Å². The summed E-state index contributed by atoms with van der Waals surface area (Å²) < 4.78 is 33.6. The van der Waals surface area contributed by atoms with E-state index < -0.39 is 10.0 Å². The minimum atomic E-state index is -3.64. The number of anilines is 1. The van der Waals surface area contributed by atoms with Crippen LogP contribution in [-0.2, 0) is 21.3 Å². The maximum absolute atomic E-state index is 12.2. The van der Waals surface area contributed by atoms with E-state index in [1.165, 1.54) is 10.9 Å². The lowest BCUT2D eigenvalue weighted by Crippen LogP contribution is -2.34. The fourth-order valence-electron chi connectivity index (χ4n) is 1.62. The molecule has 0 saturated heterocycles. The summed E-state index contributed by atoms with van der Waals surface area (Å²) in [4.78, 5) is 0.0295. The Morgan fingerprint density at radius 2 is 2.15 bits per heavy atom. The summed E-state index contributed by atoms with van der Waals surface area (Å²) >= 11 is 0. The number of rotatable bonds is 8. The minimum absolute atomic E-state index is 0.0223. The number of aromatic nitrogens is 2. The van der Waals surface area contributed by atoms with Gasteiger partial charge in [-0.25, -0.2) is 13.1 Å². The Kier molecular flexibility index (Phi) is 5.55. The van der Waals surface area contributed by atoms with Crippen LogP contribution in [0.1, 0.15) is 27.2 Å². The fraction of sp³-hybridized carbons (Fsp3) is 0.750. The SMILES string of the molecule is CCn1cc(S(=O)(=O)NCC(C)(C)CCOC)c(N)n1. The van der Waals surface area contributed by atoms with Crippen molar-refractivity contribution in [3.63, 3.8) is 0 Å². The lowest BCUT2D eigenvalue weighted by Gasteiger charge is -2.24. The number of sulfonamides is 1. The van der Waals surface area contributed by atoms with E-state index in [9.17, 15) is 8.42 Å². The molecule has 0 saturated carbocycles. The molecule has 0 aliphatic carbocycles. The summed E-state index contributed by atoms with van der Waals surface area (Å²) in [5.41, 5.74) is 5.46. The molecule has 0 aliphatic rings. The molecule has 1 rings (SSSR count). The van der Waals surface area contributed by atoms with Crippen LogP contribution in [0.3, 0.4) is 0 Å². The highest BCUT2D eigenvalue weighted by Crippen LogP contribution is 2.21. The number of nitrogen functional groups attached to an aromatic ring is 1. The van der Waals surface area contributed by atoms with Gasteiger partial charge in [-0.1, -0.05) is 13.8 Å². The van der Waals surface area contributed by atoms with E-state index in [0.717, 1.165) is 6.42 Å². The van der Waals surface area contributed by atoms with Crippen LogP contribution in [0.25, 0.3) is 0 Å². The third-order valence-corrected chi connectivity index (χ3v) is 4.51. The van der Waals surface area contributed by atoms with Crippen molar-refractivity contribution in [2.75, 3.05) is 26.0 Å². The highest BCUT2D eigenvalue weighted by Gasteiger charge is 2.25. The summed E-state index contributed by atoms with van der Waals surface area (Å²) in [6.45, 7) is 7.30. The summed E-state index contributed by atoms with van der Waals surface area (Å²) in [5.74, 6) is 0.0223. The second-order valence-electron chi connectivity index (χ2n) is 5.47. The molecule has 0 bridgehead atoms. The Hall–Kier alpha value is -1.12. The molecule has 0 spiro atoms. The summed E-state index contributed by atoms with van der Waals surface area (Å²) in [6.07, 6.45) is 2.20. The van der Waals surface area contributed by atoms with Gasteiger partial charge in [0.1, 0.15) is 4.90 Å². The first-order valence-corrected chi connectivity index (χ1v) is 8.01. The van der Waals surface area contributed by atoms with Crippen molar-refractivity contribution in [2.24, 2.45) is 5.41 Å². The molecule has 8 heteroatoms. The van der Waals surface area contributed by atoms with Crippen molar-refractivity contribution in [1.29, 1.82) is 0 Å². The molecule has 1 heterocycles. The maximum atomic E-state index is 12.2. The van der Waals surface area contributed by atoms with Crippen LogP contribution in [-0.4, -0.2) is 38.5 Å². The predicted molar refractivity (Wildman–Crippen MR) is 77.8 cm³/mol. The minimum Gasteiger partial charge on any atom is -0.385 e. The Bertz CT molecular complexity index is 537. The van der Waals surface area contributed by atoms with Crippen molar-refractivity contribution < 1.29 is 13.2 Å². The molecule has 0 aromatic carbocycles. The number of hydrogen-bond donors (Lipinski definition) is 2. The van der Waals surface area contributed by atoms with Crippen molar-refractivity contribution in [1.82, 2.24) is 14.5 Å². The van der Waals surface area contributed by atoms with Gasteiger partial charge in [-0.2, -0.15) is 5.10 Å². The van der Waals surface area contributed by atoms with Gasteiger partial charge >= 0.3 is 0 Å². The number of hydrogen-bond acceptors (Lipinski definition) is 5. The van der Waals surface area contributed by atoms with E-state index in [4.69, 9.17) is 10.5 Å². The van der Waals surface area contributed by atoms with Gasteiger partial charge in [0.2, 0.25) is 10.0 Å². The number of ether oxygens (including phenoxy) is 1. The van der Waals surface area contributed by atoms with Gasteiger partial charge in [-0.05, 0) is 18.8 Å². The van der Waals surface area contributed by atoms with Crippen LogP contribution >= 0.6 is 0 Å². The van der Waals surface area contributed by atoms with Crippen LogP contribution in [0.2, 0.25) is 0 Å². The van der Waals surface area contributed by atoms with Crippen LogP contribution in [0.15, 0.2) is 11.1 Å². The fourth-order valence-corrected chi connectivity index (χ4v) is 2.93. The second-order valence-corrected chi connectivity index (χ2v) is 7.20. The zero-order valence-corrected chi connectivity index (χ0v) is 13.3. The Morgan fingerprint density at radius 3 is 2.65 bits per heavy atom. The first-order valence-electron chi connectivity index (χ1n) is 6.53. The highest BCUT2D eigenvalue weighted by molar-refractivity contribution is 7.89. The molecule has 0 radical (unpaired) electrons. The largest absolute Gasteiger partial charge is 0.385 e. The standard InChI is InChI=1S/C12H24N4O3S/c1-5-16-8-10(11(13)15-16)20(17,18)14-9-12(2,3)6-7-19-4/h8,14H,5-7,9H2,1-4H3,(H2,13,15). The average molecular weight is 304 g/mol. The molecule has 20 heavy (non-hydrogen) atoms. The molecular formula is C12H24N4O3S. The van der Waals surface area contributed by atoms with Crippen molar-refractivity contribution >= 4 is 15.8 Å². The molecular weight excluding hydrogens is 280 g/mol. The van der Waals surface area contributed by atoms with Crippen LogP contribution in [0, 0.1) is 5.41 Å². The smallest absolute Gasteiger partial charge is 0.245 e. The van der Waals surface area contributed by atoms with Gasteiger partial charge in [-0.15, -0.1) is 0 Å². The van der Waals surface area contributed by atoms with E-state index in [-0.39, 0.29) is 16.1 Å². The molecule has 0 unspecified atom stereocenters. The predicted octanol–water partition coefficient (Wildman–Crippen LogP) is 0.826. The Labute approximate surface area is 120 Å². The number of nitrogens with zero attached hydrogens (tertiary/aromatic N) is 2. The van der Waals surface area contributed by atoms with Crippen LogP contribution in [0.4, 0.5) is 5.82 Å². The quantitative estimate of drug-likeness (QED) is 0.741. The van der Waals surface area contributed by atoms with Gasteiger partial charge in [0, 0.05) is 33.0 Å². The van der Waals surface area contributed by atoms with Gasteiger partial charge < -0.3 is 10.5 Å². The van der Waals surface area contributed by atoms with E-state index in [1.807, 2.05) is 20.8 Å². The Balaban J connectivity index is 2.77. The van der Waals surface area contributed by atoms with Crippen LogP contribution in [0.5, 0.6) is 0 Å². The van der Waals surface area contributed by atoms with Crippen LogP contribution < -0.4 is 10.5 Å².